The quantitative estimate of drug-likeness (QED) is 0.816. The van der Waals surface area contributed by atoms with Gasteiger partial charge in [0.25, 0.3) is 0 Å². The molecule has 0 bridgehead atoms. The Hall–Kier alpha value is -0.960. The molecule has 0 radical (unpaired) electrons. The van der Waals surface area contributed by atoms with Crippen LogP contribution in [0.1, 0.15) is 18.9 Å². The van der Waals surface area contributed by atoms with Crippen LogP contribution >= 0.6 is 0 Å². The molecule has 0 saturated heterocycles. The third-order valence-corrected chi connectivity index (χ3v) is 3.19. The Morgan fingerprint density at radius 1 is 1.47 bits per heavy atom. The third-order valence-electron chi connectivity index (χ3n) is 3.19. The zero-order chi connectivity index (χ0) is 11.0. The first kappa shape index (κ1) is 10.6. The SMILES string of the molecule is CC1CC1C(N)Cc1cc(F)ccc1F. The highest BCUT2D eigenvalue weighted by molar-refractivity contribution is 5.20. The van der Waals surface area contributed by atoms with Crippen molar-refractivity contribution in [3.05, 3.63) is 35.4 Å². The van der Waals surface area contributed by atoms with E-state index in [1.807, 2.05) is 0 Å². The van der Waals surface area contributed by atoms with Crippen molar-refractivity contribution in [3.8, 4) is 0 Å². The molecule has 0 spiro atoms. The second-order valence-corrected chi connectivity index (χ2v) is 4.48. The first-order valence-electron chi connectivity index (χ1n) is 5.27. The third kappa shape index (κ3) is 2.34. The number of halogens is 2. The van der Waals surface area contributed by atoms with E-state index in [2.05, 4.69) is 6.92 Å². The molecule has 2 N–H and O–H groups in total. The van der Waals surface area contributed by atoms with Crippen molar-refractivity contribution in [2.45, 2.75) is 25.8 Å². The van der Waals surface area contributed by atoms with E-state index in [4.69, 9.17) is 5.73 Å². The van der Waals surface area contributed by atoms with Crippen molar-refractivity contribution in [2.75, 3.05) is 0 Å². The van der Waals surface area contributed by atoms with Gasteiger partial charge in [0.1, 0.15) is 11.6 Å². The lowest BCUT2D eigenvalue weighted by Gasteiger charge is -2.11. The molecule has 1 aromatic carbocycles. The molecule has 2 rings (SSSR count). The molecular weight excluding hydrogens is 196 g/mol. The summed E-state index contributed by atoms with van der Waals surface area (Å²) in [5.74, 6) is 0.354. The van der Waals surface area contributed by atoms with E-state index in [1.54, 1.807) is 0 Å². The van der Waals surface area contributed by atoms with Gasteiger partial charge in [-0.3, -0.25) is 0 Å². The Morgan fingerprint density at radius 3 is 2.73 bits per heavy atom. The van der Waals surface area contributed by atoms with E-state index in [0.717, 1.165) is 18.6 Å². The van der Waals surface area contributed by atoms with Crippen molar-refractivity contribution in [2.24, 2.45) is 17.6 Å². The van der Waals surface area contributed by atoms with Crippen LogP contribution in [0.5, 0.6) is 0 Å². The Bertz CT molecular complexity index is 365. The molecule has 15 heavy (non-hydrogen) atoms. The van der Waals surface area contributed by atoms with Gasteiger partial charge in [-0.15, -0.1) is 0 Å². The highest BCUT2D eigenvalue weighted by Gasteiger charge is 2.37. The molecule has 0 heterocycles. The first-order chi connectivity index (χ1) is 7.08. The molecule has 1 fully saturated rings. The summed E-state index contributed by atoms with van der Waals surface area (Å²) >= 11 is 0. The van der Waals surface area contributed by atoms with Gasteiger partial charge < -0.3 is 5.73 Å². The Balaban J connectivity index is 2.06. The summed E-state index contributed by atoms with van der Waals surface area (Å²) in [7, 11) is 0. The zero-order valence-electron chi connectivity index (χ0n) is 8.71. The van der Waals surface area contributed by atoms with Gasteiger partial charge >= 0.3 is 0 Å². The lowest BCUT2D eigenvalue weighted by molar-refractivity contribution is 0.529. The summed E-state index contributed by atoms with van der Waals surface area (Å²) in [6.45, 7) is 2.13. The largest absolute Gasteiger partial charge is 0.327 e. The average molecular weight is 211 g/mol. The van der Waals surface area contributed by atoms with E-state index < -0.39 is 5.82 Å². The van der Waals surface area contributed by atoms with Crippen LogP contribution in [0.15, 0.2) is 18.2 Å². The van der Waals surface area contributed by atoms with Crippen molar-refractivity contribution >= 4 is 0 Å². The predicted octanol–water partition coefficient (Wildman–Crippen LogP) is 2.49. The highest BCUT2D eigenvalue weighted by Crippen LogP contribution is 2.40. The molecule has 3 atom stereocenters. The number of benzene rings is 1. The van der Waals surface area contributed by atoms with Crippen LogP contribution in [0, 0.1) is 23.5 Å². The summed E-state index contributed by atoms with van der Waals surface area (Å²) in [6, 6.07) is 3.48. The minimum absolute atomic E-state index is 0.0451. The molecule has 0 aromatic heterocycles. The normalized spacial score (nSPS) is 26.4. The van der Waals surface area contributed by atoms with E-state index >= 15 is 0 Å². The van der Waals surface area contributed by atoms with Crippen LogP contribution in [-0.4, -0.2) is 6.04 Å². The molecule has 3 unspecified atom stereocenters. The van der Waals surface area contributed by atoms with Crippen molar-refractivity contribution < 1.29 is 8.78 Å². The second kappa shape index (κ2) is 3.89. The first-order valence-corrected chi connectivity index (χ1v) is 5.27. The summed E-state index contributed by atoms with van der Waals surface area (Å²) in [4.78, 5) is 0. The zero-order valence-corrected chi connectivity index (χ0v) is 8.71. The van der Waals surface area contributed by atoms with Gasteiger partial charge in [-0.1, -0.05) is 6.92 Å². The molecule has 1 aliphatic carbocycles. The monoisotopic (exact) mass is 211 g/mol. The fraction of sp³-hybridized carbons (Fsp3) is 0.500. The molecule has 1 nitrogen and oxygen atoms in total. The maximum atomic E-state index is 13.3. The second-order valence-electron chi connectivity index (χ2n) is 4.48. The van der Waals surface area contributed by atoms with Gasteiger partial charge in [0, 0.05) is 6.04 Å². The lowest BCUT2D eigenvalue weighted by Crippen LogP contribution is -2.26. The summed E-state index contributed by atoms with van der Waals surface area (Å²) in [6.07, 6.45) is 1.54. The summed E-state index contributed by atoms with van der Waals surface area (Å²) in [5.41, 5.74) is 6.32. The summed E-state index contributed by atoms with van der Waals surface area (Å²) in [5, 5.41) is 0. The Labute approximate surface area is 88.3 Å². The fourth-order valence-electron chi connectivity index (χ4n) is 2.05. The average Bonchev–Trinajstić information content (AvgIpc) is 2.89. The topological polar surface area (TPSA) is 26.0 Å². The summed E-state index contributed by atoms with van der Waals surface area (Å²) < 4.78 is 26.2. The molecule has 1 aromatic rings. The fourth-order valence-corrected chi connectivity index (χ4v) is 2.05. The smallest absolute Gasteiger partial charge is 0.126 e. The van der Waals surface area contributed by atoms with Gasteiger partial charge in [0.2, 0.25) is 0 Å². The van der Waals surface area contributed by atoms with Gasteiger partial charge in [-0.05, 0) is 48.4 Å². The van der Waals surface area contributed by atoms with E-state index in [-0.39, 0.29) is 11.9 Å². The molecule has 82 valence electrons. The predicted molar refractivity (Wildman–Crippen MR) is 55.3 cm³/mol. The maximum absolute atomic E-state index is 13.3. The van der Waals surface area contributed by atoms with Crippen molar-refractivity contribution in [3.63, 3.8) is 0 Å². The lowest BCUT2D eigenvalue weighted by atomic mass is 10.0. The maximum Gasteiger partial charge on any atom is 0.126 e. The van der Waals surface area contributed by atoms with E-state index in [1.165, 1.54) is 6.07 Å². The van der Waals surface area contributed by atoms with Gasteiger partial charge in [-0.2, -0.15) is 0 Å². The van der Waals surface area contributed by atoms with Crippen LogP contribution in [0.25, 0.3) is 0 Å². The Kier molecular flexibility index (Phi) is 2.74. The molecular formula is C12H15F2N. The highest BCUT2D eigenvalue weighted by atomic mass is 19.1. The minimum Gasteiger partial charge on any atom is -0.327 e. The van der Waals surface area contributed by atoms with Crippen LogP contribution in [-0.2, 0) is 6.42 Å². The Morgan fingerprint density at radius 2 is 2.13 bits per heavy atom. The molecule has 1 saturated carbocycles. The van der Waals surface area contributed by atoms with Gasteiger partial charge in [0.05, 0.1) is 0 Å². The molecule has 1 aliphatic rings. The van der Waals surface area contributed by atoms with Crippen LogP contribution in [0.4, 0.5) is 8.78 Å². The molecule has 0 aliphatic heterocycles. The van der Waals surface area contributed by atoms with Crippen LogP contribution < -0.4 is 5.73 Å². The van der Waals surface area contributed by atoms with E-state index in [0.29, 0.717) is 23.8 Å². The standard InChI is InChI=1S/C12H15F2N/c1-7-4-10(7)12(15)6-8-5-9(13)2-3-11(8)14/h2-3,5,7,10,12H,4,6,15H2,1H3. The number of hydrogen-bond donors (Lipinski definition) is 1. The molecule has 3 heteroatoms. The number of nitrogens with two attached hydrogens (primary N) is 1. The molecule has 0 amide bonds. The van der Waals surface area contributed by atoms with E-state index in [9.17, 15) is 8.78 Å². The number of hydrogen-bond acceptors (Lipinski definition) is 1. The van der Waals surface area contributed by atoms with Crippen molar-refractivity contribution in [1.29, 1.82) is 0 Å². The number of rotatable bonds is 3. The van der Waals surface area contributed by atoms with Crippen LogP contribution in [0.3, 0.4) is 0 Å². The van der Waals surface area contributed by atoms with Gasteiger partial charge in [0.15, 0.2) is 0 Å². The van der Waals surface area contributed by atoms with Crippen molar-refractivity contribution in [1.82, 2.24) is 0 Å². The minimum atomic E-state index is -0.401. The van der Waals surface area contributed by atoms with Crippen LogP contribution in [0.2, 0.25) is 0 Å². The van der Waals surface area contributed by atoms with Gasteiger partial charge in [-0.25, -0.2) is 8.78 Å².